The van der Waals surface area contributed by atoms with Crippen LogP contribution in [-0.4, -0.2) is 138 Å². The van der Waals surface area contributed by atoms with Gasteiger partial charge in [0.15, 0.2) is 11.6 Å². The number of allylic oxidation sites excluding steroid dienone is 3. The van der Waals surface area contributed by atoms with E-state index in [0.717, 1.165) is 0 Å². The van der Waals surface area contributed by atoms with E-state index >= 15 is 0 Å². The van der Waals surface area contributed by atoms with Gasteiger partial charge in [0.25, 0.3) is 0 Å². The second-order valence-corrected chi connectivity index (χ2v) is 13.2. The zero-order valence-corrected chi connectivity index (χ0v) is 26.8. The van der Waals surface area contributed by atoms with Gasteiger partial charge in [-0.3, -0.25) is 19.6 Å². The van der Waals surface area contributed by atoms with Gasteiger partial charge in [0.2, 0.25) is 0 Å². The number of nitrogens with zero attached hydrogens (tertiary/aromatic N) is 2. The molecule has 14 heteroatoms. The van der Waals surface area contributed by atoms with Crippen molar-refractivity contribution < 1.29 is 59.9 Å². The van der Waals surface area contributed by atoms with Crippen molar-refractivity contribution in [2.24, 2.45) is 21.8 Å². The molecular weight excluding hydrogens is 604 g/mol. The molecule has 10 unspecified atom stereocenters. The standard InChI is InChI=1S/2C16H25NO6/c1-8(2)3-11(19)9-4-10(17-6-9)5-12-14(20)16(22)15(21)13(7-18)23-12;1-8(2)5-11(19)10-4-3-9(17-10)6-12-14(20)16(22)15(21)13(7-18)23-12/h6,8,12-16,18,20-22H,3-5,7H2,1-2H3;4,8,12-16,18,20-22H,3,5-7H2,1-2H3. The highest BCUT2D eigenvalue weighted by Gasteiger charge is 2.45. The molecule has 0 aliphatic carbocycles. The minimum atomic E-state index is -1.39. The molecule has 4 aliphatic rings. The molecule has 0 aromatic heterocycles. The first-order valence-corrected chi connectivity index (χ1v) is 15.8. The first-order chi connectivity index (χ1) is 21.7. The minimum absolute atomic E-state index is 0.0104. The smallest absolute Gasteiger partial charge is 0.181 e. The second-order valence-electron chi connectivity index (χ2n) is 13.2. The number of ketones is 2. The van der Waals surface area contributed by atoms with E-state index in [9.17, 15) is 50.4 Å². The van der Waals surface area contributed by atoms with Gasteiger partial charge in [0, 0.05) is 61.7 Å². The Morgan fingerprint density at radius 1 is 0.717 bits per heavy atom. The maximum Gasteiger partial charge on any atom is 0.181 e. The lowest BCUT2D eigenvalue weighted by Gasteiger charge is -2.40. The van der Waals surface area contributed by atoms with Crippen molar-refractivity contribution in [3.05, 3.63) is 23.5 Å². The van der Waals surface area contributed by atoms with Crippen LogP contribution in [0.15, 0.2) is 33.5 Å². The number of ether oxygens (including phenoxy) is 2. The van der Waals surface area contributed by atoms with Crippen LogP contribution in [0.4, 0.5) is 0 Å². The highest BCUT2D eigenvalue weighted by atomic mass is 16.6. The normalized spacial score (nSPS) is 34.5. The zero-order chi connectivity index (χ0) is 34.3. The van der Waals surface area contributed by atoms with E-state index in [1.165, 1.54) is 0 Å². The van der Waals surface area contributed by atoms with E-state index in [4.69, 9.17) is 9.47 Å². The number of hydrogen-bond acceptors (Lipinski definition) is 14. The third-order valence-electron chi connectivity index (χ3n) is 8.29. The predicted molar refractivity (Wildman–Crippen MR) is 166 cm³/mol. The molecule has 10 atom stereocenters. The summed E-state index contributed by atoms with van der Waals surface area (Å²) in [5, 5.41) is 77.5. The fourth-order valence-corrected chi connectivity index (χ4v) is 5.69. The molecule has 0 saturated carbocycles. The Hall–Kier alpha value is -2.24. The van der Waals surface area contributed by atoms with E-state index in [1.54, 1.807) is 12.3 Å². The molecule has 14 nitrogen and oxygen atoms in total. The van der Waals surface area contributed by atoms with Gasteiger partial charge in [-0.15, -0.1) is 0 Å². The molecule has 8 N–H and O–H groups in total. The van der Waals surface area contributed by atoms with Gasteiger partial charge in [-0.05, 0) is 17.9 Å². The van der Waals surface area contributed by atoms with Gasteiger partial charge in [-0.2, -0.15) is 0 Å². The fraction of sp³-hybridized carbons (Fsp3) is 0.750. The van der Waals surface area contributed by atoms with Crippen molar-refractivity contribution in [2.75, 3.05) is 13.2 Å². The molecule has 2 fully saturated rings. The van der Waals surface area contributed by atoms with Crippen LogP contribution in [0.5, 0.6) is 0 Å². The first-order valence-electron chi connectivity index (χ1n) is 15.8. The number of aliphatic hydroxyl groups is 8. The zero-order valence-electron chi connectivity index (χ0n) is 26.8. The van der Waals surface area contributed by atoms with Crippen molar-refractivity contribution in [3.63, 3.8) is 0 Å². The summed E-state index contributed by atoms with van der Waals surface area (Å²) in [6, 6.07) is 0. The summed E-state index contributed by atoms with van der Waals surface area (Å²) in [6.45, 7) is 6.97. The number of carbonyl (C=O) groups excluding carboxylic acids is 2. The molecule has 0 spiro atoms. The monoisotopic (exact) mass is 654 g/mol. The lowest BCUT2D eigenvalue weighted by atomic mass is 9.91. The summed E-state index contributed by atoms with van der Waals surface area (Å²) in [7, 11) is 0. The summed E-state index contributed by atoms with van der Waals surface area (Å²) in [5.41, 5.74) is 2.43. The van der Waals surface area contributed by atoms with Gasteiger partial charge in [0.05, 0.1) is 25.4 Å². The molecule has 0 amide bonds. The Bertz CT molecular complexity index is 1180. The molecule has 46 heavy (non-hydrogen) atoms. The Kier molecular flexibility index (Phi) is 14.3. The average molecular weight is 655 g/mol. The topological polar surface area (TPSA) is 239 Å². The maximum atomic E-state index is 12.0. The first kappa shape index (κ1) is 38.2. The van der Waals surface area contributed by atoms with E-state index in [1.807, 2.05) is 27.7 Å². The van der Waals surface area contributed by atoms with Crippen LogP contribution in [0.25, 0.3) is 0 Å². The lowest BCUT2D eigenvalue weighted by molar-refractivity contribution is -0.227. The molecule has 0 aromatic carbocycles. The van der Waals surface area contributed by atoms with Crippen molar-refractivity contribution in [1.82, 2.24) is 0 Å². The van der Waals surface area contributed by atoms with Gasteiger partial charge >= 0.3 is 0 Å². The van der Waals surface area contributed by atoms with Crippen LogP contribution < -0.4 is 0 Å². The molecule has 4 heterocycles. The van der Waals surface area contributed by atoms with E-state index in [-0.39, 0.29) is 36.2 Å². The van der Waals surface area contributed by atoms with Gasteiger partial charge in [-0.25, -0.2) is 0 Å². The van der Waals surface area contributed by atoms with Crippen molar-refractivity contribution in [2.45, 2.75) is 127 Å². The number of Topliss-reactive ketones (excluding diaryl/α,β-unsaturated/α-hetero) is 2. The van der Waals surface area contributed by atoms with Crippen LogP contribution >= 0.6 is 0 Å². The van der Waals surface area contributed by atoms with Crippen LogP contribution in [0, 0.1) is 11.8 Å². The predicted octanol–water partition coefficient (Wildman–Crippen LogP) is -0.875. The largest absolute Gasteiger partial charge is 0.394 e. The second kappa shape index (κ2) is 17.2. The van der Waals surface area contributed by atoms with Crippen molar-refractivity contribution in [1.29, 1.82) is 0 Å². The SMILES string of the molecule is CC(C)CC(=O)C1=CCC(CC2OC(CO)C(O)C(O)C2O)=N1.CC(C)CC(=O)C1=CN=C(CC2OC(CO)C(O)C(O)C2O)C1. The van der Waals surface area contributed by atoms with Crippen LogP contribution in [0.1, 0.15) is 66.2 Å². The van der Waals surface area contributed by atoms with E-state index in [2.05, 4.69) is 9.98 Å². The summed E-state index contributed by atoms with van der Waals surface area (Å²) in [5.74, 6) is 0.586. The molecule has 0 bridgehead atoms. The highest BCUT2D eigenvalue weighted by molar-refractivity contribution is 6.04. The molecule has 0 radical (unpaired) electrons. The minimum Gasteiger partial charge on any atom is -0.394 e. The number of aliphatic imine (C=N–C) groups is 2. The third-order valence-corrected chi connectivity index (χ3v) is 8.29. The van der Waals surface area contributed by atoms with Crippen molar-refractivity contribution >= 4 is 23.0 Å². The molecule has 2 saturated heterocycles. The Balaban J connectivity index is 0.000000250. The molecule has 0 aromatic rings. The summed E-state index contributed by atoms with van der Waals surface area (Å²) in [4.78, 5) is 32.5. The molecule has 4 aliphatic heterocycles. The van der Waals surface area contributed by atoms with Crippen LogP contribution in [0.2, 0.25) is 0 Å². The summed E-state index contributed by atoms with van der Waals surface area (Å²) >= 11 is 0. The average Bonchev–Trinajstić information content (AvgIpc) is 3.67. The summed E-state index contributed by atoms with van der Waals surface area (Å²) in [6.07, 6.45) is -5.88. The molecular formula is C32H50N2O12. The third kappa shape index (κ3) is 9.89. The Labute approximate surface area is 268 Å². The van der Waals surface area contributed by atoms with Gasteiger partial charge < -0.3 is 50.3 Å². The van der Waals surface area contributed by atoms with Crippen molar-refractivity contribution in [3.8, 4) is 0 Å². The van der Waals surface area contributed by atoms with E-state index in [0.29, 0.717) is 48.4 Å². The number of rotatable bonds is 12. The number of hydrogen-bond donors (Lipinski definition) is 8. The lowest BCUT2D eigenvalue weighted by Crippen LogP contribution is -2.58. The van der Waals surface area contributed by atoms with Gasteiger partial charge in [-0.1, -0.05) is 27.7 Å². The maximum absolute atomic E-state index is 12.0. The van der Waals surface area contributed by atoms with Crippen LogP contribution in [0.3, 0.4) is 0 Å². The molecule has 4 rings (SSSR count). The van der Waals surface area contributed by atoms with E-state index < -0.39 is 74.3 Å². The van der Waals surface area contributed by atoms with Crippen LogP contribution in [-0.2, 0) is 19.1 Å². The Morgan fingerprint density at radius 3 is 1.65 bits per heavy atom. The molecule has 260 valence electrons. The highest BCUT2D eigenvalue weighted by Crippen LogP contribution is 2.28. The number of carbonyl (C=O) groups is 2. The fourth-order valence-electron chi connectivity index (χ4n) is 5.69. The summed E-state index contributed by atoms with van der Waals surface area (Å²) < 4.78 is 10.9. The number of aliphatic hydroxyl groups excluding tert-OH is 8. The quantitative estimate of drug-likeness (QED) is 0.128. The van der Waals surface area contributed by atoms with Gasteiger partial charge in [0.1, 0.15) is 54.5 Å². The Morgan fingerprint density at radius 2 is 1.17 bits per heavy atom.